The summed E-state index contributed by atoms with van der Waals surface area (Å²) in [5, 5.41) is 9.03. The van der Waals surface area contributed by atoms with Gasteiger partial charge in [-0.15, -0.1) is 0 Å². The standard InChI is InChI=1S/C20H34N4/c1-15(2)7-9-20-14-24(22-17(20)4)12-11-16(3)8-10-19-13-21-23(6)18(19)5/h13-16H,7-12H2,1-6H3. The molecule has 0 N–H and O–H groups in total. The molecule has 2 aromatic heterocycles. The van der Waals surface area contributed by atoms with Gasteiger partial charge in [0.15, 0.2) is 0 Å². The molecule has 4 heteroatoms. The lowest BCUT2D eigenvalue weighted by Crippen LogP contribution is -2.06. The first-order valence-corrected chi connectivity index (χ1v) is 9.37. The molecule has 0 bridgehead atoms. The van der Waals surface area contributed by atoms with E-state index in [-0.39, 0.29) is 0 Å². The van der Waals surface area contributed by atoms with Crippen LogP contribution in [0, 0.1) is 25.7 Å². The van der Waals surface area contributed by atoms with Gasteiger partial charge in [0.2, 0.25) is 0 Å². The highest BCUT2D eigenvalue weighted by Gasteiger charge is 2.10. The Morgan fingerprint density at radius 2 is 1.71 bits per heavy atom. The maximum Gasteiger partial charge on any atom is 0.0625 e. The lowest BCUT2D eigenvalue weighted by molar-refractivity contribution is 0.433. The number of aromatic nitrogens is 4. The molecule has 0 aliphatic heterocycles. The predicted molar refractivity (Wildman–Crippen MR) is 100 cm³/mol. The molecule has 0 fully saturated rings. The maximum absolute atomic E-state index is 4.70. The molecule has 24 heavy (non-hydrogen) atoms. The van der Waals surface area contributed by atoms with Crippen molar-refractivity contribution < 1.29 is 0 Å². The number of hydrogen-bond donors (Lipinski definition) is 0. The zero-order valence-corrected chi connectivity index (χ0v) is 16.3. The van der Waals surface area contributed by atoms with E-state index in [1.54, 1.807) is 0 Å². The lowest BCUT2D eigenvalue weighted by atomic mass is 9.98. The minimum absolute atomic E-state index is 0.702. The van der Waals surface area contributed by atoms with Crippen molar-refractivity contribution in [1.29, 1.82) is 0 Å². The van der Waals surface area contributed by atoms with Crippen LogP contribution in [0.15, 0.2) is 12.4 Å². The molecule has 4 nitrogen and oxygen atoms in total. The van der Waals surface area contributed by atoms with Crippen LogP contribution in [0.2, 0.25) is 0 Å². The Morgan fingerprint density at radius 1 is 1.00 bits per heavy atom. The summed E-state index contributed by atoms with van der Waals surface area (Å²) in [5.74, 6) is 1.46. The van der Waals surface area contributed by atoms with Crippen LogP contribution in [0.3, 0.4) is 0 Å². The molecule has 0 aliphatic rings. The van der Waals surface area contributed by atoms with Crippen LogP contribution >= 0.6 is 0 Å². The molecular weight excluding hydrogens is 296 g/mol. The van der Waals surface area contributed by atoms with E-state index in [0.717, 1.165) is 25.3 Å². The van der Waals surface area contributed by atoms with Crippen molar-refractivity contribution in [2.24, 2.45) is 18.9 Å². The average molecular weight is 331 g/mol. The first kappa shape index (κ1) is 18.8. The number of hydrogen-bond acceptors (Lipinski definition) is 2. The van der Waals surface area contributed by atoms with Gasteiger partial charge in [0.25, 0.3) is 0 Å². The Kier molecular flexibility index (Phi) is 6.64. The molecule has 0 radical (unpaired) electrons. The zero-order chi connectivity index (χ0) is 17.7. The highest BCUT2D eigenvalue weighted by atomic mass is 15.3. The second-order valence-electron chi connectivity index (χ2n) is 7.75. The fourth-order valence-electron chi connectivity index (χ4n) is 3.05. The molecule has 0 saturated heterocycles. The first-order valence-electron chi connectivity index (χ1n) is 9.37. The van der Waals surface area contributed by atoms with Gasteiger partial charge in [0.1, 0.15) is 0 Å². The summed E-state index contributed by atoms with van der Waals surface area (Å²) in [6, 6.07) is 0. The fourth-order valence-corrected chi connectivity index (χ4v) is 3.05. The third-order valence-corrected chi connectivity index (χ3v) is 5.13. The van der Waals surface area contributed by atoms with E-state index in [9.17, 15) is 0 Å². The van der Waals surface area contributed by atoms with Gasteiger partial charge in [0, 0.05) is 25.5 Å². The third-order valence-electron chi connectivity index (χ3n) is 5.13. The summed E-state index contributed by atoms with van der Waals surface area (Å²) in [6.07, 6.45) is 10.2. The smallest absolute Gasteiger partial charge is 0.0625 e. The maximum atomic E-state index is 4.70. The molecule has 0 aromatic carbocycles. The van der Waals surface area contributed by atoms with Gasteiger partial charge in [-0.2, -0.15) is 10.2 Å². The van der Waals surface area contributed by atoms with E-state index in [4.69, 9.17) is 5.10 Å². The van der Waals surface area contributed by atoms with Gasteiger partial charge < -0.3 is 0 Å². The van der Waals surface area contributed by atoms with Crippen molar-refractivity contribution in [3.05, 3.63) is 34.9 Å². The number of nitrogens with zero attached hydrogens (tertiary/aromatic N) is 4. The average Bonchev–Trinajstić information content (AvgIpc) is 3.04. The van der Waals surface area contributed by atoms with E-state index in [1.807, 2.05) is 17.9 Å². The molecule has 1 atom stereocenters. The van der Waals surface area contributed by atoms with Gasteiger partial charge in [-0.3, -0.25) is 9.36 Å². The Hall–Kier alpha value is -1.58. The van der Waals surface area contributed by atoms with Crippen molar-refractivity contribution in [2.75, 3.05) is 0 Å². The lowest BCUT2D eigenvalue weighted by Gasteiger charge is -2.11. The minimum atomic E-state index is 0.702. The molecule has 2 aromatic rings. The Labute approximate surface area is 147 Å². The van der Waals surface area contributed by atoms with E-state index in [0.29, 0.717) is 5.92 Å². The molecule has 0 aliphatic carbocycles. The van der Waals surface area contributed by atoms with Crippen molar-refractivity contribution >= 4 is 0 Å². The van der Waals surface area contributed by atoms with Crippen molar-refractivity contribution in [1.82, 2.24) is 19.6 Å². The monoisotopic (exact) mass is 330 g/mol. The molecule has 0 amide bonds. The molecule has 2 heterocycles. The summed E-state index contributed by atoms with van der Waals surface area (Å²) >= 11 is 0. The van der Waals surface area contributed by atoms with E-state index in [2.05, 4.69) is 50.6 Å². The van der Waals surface area contributed by atoms with Crippen LogP contribution in [0.1, 0.15) is 62.5 Å². The van der Waals surface area contributed by atoms with Crippen molar-refractivity contribution in [2.45, 2.75) is 73.3 Å². The van der Waals surface area contributed by atoms with Crippen LogP contribution < -0.4 is 0 Å². The third kappa shape index (κ3) is 5.22. The molecule has 0 saturated carbocycles. The van der Waals surface area contributed by atoms with Gasteiger partial charge in [0.05, 0.1) is 11.9 Å². The summed E-state index contributed by atoms with van der Waals surface area (Å²) in [6.45, 7) is 12.2. The summed E-state index contributed by atoms with van der Waals surface area (Å²) in [7, 11) is 2.01. The van der Waals surface area contributed by atoms with Gasteiger partial charge in [-0.25, -0.2) is 0 Å². The highest BCUT2D eigenvalue weighted by molar-refractivity contribution is 5.16. The Morgan fingerprint density at radius 3 is 2.33 bits per heavy atom. The molecular formula is C20H34N4. The topological polar surface area (TPSA) is 35.6 Å². The normalized spacial score (nSPS) is 13.0. The van der Waals surface area contributed by atoms with Crippen molar-refractivity contribution in [3.8, 4) is 0 Å². The fraction of sp³-hybridized carbons (Fsp3) is 0.700. The summed E-state index contributed by atoms with van der Waals surface area (Å²) in [5.41, 5.74) is 5.30. The van der Waals surface area contributed by atoms with Crippen LogP contribution in [0.4, 0.5) is 0 Å². The summed E-state index contributed by atoms with van der Waals surface area (Å²) < 4.78 is 4.11. The van der Waals surface area contributed by atoms with Crippen LogP contribution in [-0.2, 0) is 26.4 Å². The molecule has 134 valence electrons. The van der Waals surface area contributed by atoms with E-state index >= 15 is 0 Å². The zero-order valence-electron chi connectivity index (χ0n) is 16.3. The SMILES string of the molecule is Cc1nn(CCC(C)CCc2cnn(C)c2C)cc1CCC(C)C. The predicted octanol–water partition coefficient (Wildman–Crippen LogP) is 4.48. The van der Waals surface area contributed by atoms with Crippen LogP contribution in [-0.4, -0.2) is 19.6 Å². The van der Waals surface area contributed by atoms with Gasteiger partial charge in [-0.1, -0.05) is 20.8 Å². The Bertz CT molecular complexity index is 636. The largest absolute Gasteiger partial charge is 0.273 e. The number of aryl methyl sites for hydroxylation is 5. The summed E-state index contributed by atoms with van der Waals surface area (Å²) in [4.78, 5) is 0. The van der Waals surface area contributed by atoms with Gasteiger partial charge >= 0.3 is 0 Å². The van der Waals surface area contributed by atoms with E-state index in [1.165, 1.54) is 41.8 Å². The molecule has 2 rings (SSSR count). The molecule has 0 spiro atoms. The quantitative estimate of drug-likeness (QED) is 0.679. The minimum Gasteiger partial charge on any atom is -0.273 e. The van der Waals surface area contributed by atoms with E-state index < -0.39 is 0 Å². The second kappa shape index (κ2) is 8.50. The molecule has 1 unspecified atom stereocenters. The van der Waals surface area contributed by atoms with Crippen LogP contribution in [0.25, 0.3) is 0 Å². The van der Waals surface area contributed by atoms with Gasteiger partial charge in [-0.05, 0) is 68.9 Å². The van der Waals surface area contributed by atoms with Crippen molar-refractivity contribution in [3.63, 3.8) is 0 Å². The highest BCUT2D eigenvalue weighted by Crippen LogP contribution is 2.17. The Balaban J connectivity index is 1.78. The first-order chi connectivity index (χ1) is 11.4. The number of rotatable bonds is 9. The second-order valence-corrected chi connectivity index (χ2v) is 7.75. The van der Waals surface area contributed by atoms with Crippen LogP contribution in [0.5, 0.6) is 0 Å².